The molecule has 0 spiro atoms. The monoisotopic (exact) mass is 400 g/mol. The van der Waals surface area contributed by atoms with Crippen molar-refractivity contribution in [3.63, 3.8) is 0 Å². The minimum Gasteiger partial charge on any atom is -0.507 e. The molecule has 0 saturated carbocycles. The van der Waals surface area contributed by atoms with Gasteiger partial charge >= 0.3 is 0 Å². The third-order valence-corrected chi connectivity index (χ3v) is 5.09. The van der Waals surface area contributed by atoms with Crippen LogP contribution in [0.3, 0.4) is 0 Å². The van der Waals surface area contributed by atoms with Gasteiger partial charge in [0, 0.05) is 17.4 Å². The van der Waals surface area contributed by atoms with Gasteiger partial charge in [-0.3, -0.25) is 19.5 Å². The van der Waals surface area contributed by atoms with Crippen molar-refractivity contribution in [2.75, 3.05) is 12.0 Å². The van der Waals surface area contributed by atoms with E-state index in [4.69, 9.17) is 4.74 Å². The summed E-state index contributed by atoms with van der Waals surface area (Å²) in [6.07, 6.45) is 1.59. The molecule has 1 atom stereocenters. The first kappa shape index (κ1) is 19.4. The molecule has 2 heterocycles. The molecule has 0 unspecified atom stereocenters. The lowest BCUT2D eigenvalue weighted by Gasteiger charge is -2.24. The molecule has 1 saturated heterocycles. The molecule has 0 aliphatic carbocycles. The number of anilines is 1. The molecule has 6 nitrogen and oxygen atoms in total. The molecule has 150 valence electrons. The number of pyridine rings is 1. The van der Waals surface area contributed by atoms with E-state index in [0.717, 1.165) is 5.56 Å². The van der Waals surface area contributed by atoms with Crippen molar-refractivity contribution in [3.05, 3.63) is 95.3 Å². The van der Waals surface area contributed by atoms with Crippen molar-refractivity contribution < 1.29 is 19.4 Å². The number of Topliss-reactive ketones (excluding diaryl/α,β-unsaturated/α-hetero) is 1. The van der Waals surface area contributed by atoms with Crippen molar-refractivity contribution >= 4 is 23.1 Å². The highest BCUT2D eigenvalue weighted by Gasteiger charge is 2.47. The second-order valence-electron chi connectivity index (χ2n) is 6.99. The minimum atomic E-state index is -0.846. The Kier molecular flexibility index (Phi) is 5.06. The molecule has 4 rings (SSSR count). The maximum Gasteiger partial charge on any atom is 0.300 e. The summed E-state index contributed by atoms with van der Waals surface area (Å²) in [6, 6.07) is 18.4. The molecule has 1 aliphatic heterocycles. The van der Waals surface area contributed by atoms with Gasteiger partial charge < -0.3 is 9.84 Å². The third kappa shape index (κ3) is 3.33. The average molecular weight is 400 g/mol. The van der Waals surface area contributed by atoms with Crippen LogP contribution in [-0.4, -0.2) is 28.9 Å². The minimum absolute atomic E-state index is 0.0124. The van der Waals surface area contributed by atoms with Crippen LogP contribution >= 0.6 is 0 Å². The molecule has 1 aliphatic rings. The number of aryl methyl sites for hydroxylation is 1. The van der Waals surface area contributed by atoms with Crippen LogP contribution in [0, 0.1) is 6.92 Å². The molecule has 30 heavy (non-hydrogen) atoms. The number of nitrogens with zero attached hydrogens (tertiary/aromatic N) is 2. The van der Waals surface area contributed by atoms with Gasteiger partial charge in [-0.05, 0) is 43.3 Å². The second kappa shape index (κ2) is 7.83. The summed E-state index contributed by atoms with van der Waals surface area (Å²) in [7, 11) is 1.55. The van der Waals surface area contributed by atoms with Gasteiger partial charge in [-0.15, -0.1) is 0 Å². The van der Waals surface area contributed by atoms with E-state index in [9.17, 15) is 14.7 Å². The van der Waals surface area contributed by atoms with Gasteiger partial charge in [0.05, 0.1) is 18.4 Å². The van der Waals surface area contributed by atoms with Gasteiger partial charge in [0.2, 0.25) is 0 Å². The van der Waals surface area contributed by atoms with Crippen molar-refractivity contribution in [2.45, 2.75) is 13.0 Å². The number of benzene rings is 2. The van der Waals surface area contributed by atoms with E-state index in [-0.39, 0.29) is 11.3 Å². The summed E-state index contributed by atoms with van der Waals surface area (Å²) < 4.78 is 5.19. The van der Waals surface area contributed by atoms with Crippen molar-refractivity contribution in [1.29, 1.82) is 0 Å². The quantitative estimate of drug-likeness (QED) is 0.406. The Balaban J connectivity index is 1.90. The number of carbonyl (C=O) groups is 2. The molecule has 0 bridgehead atoms. The molecule has 3 aromatic rings. The van der Waals surface area contributed by atoms with Gasteiger partial charge in [-0.2, -0.15) is 0 Å². The normalized spacial score (nSPS) is 17.9. The lowest BCUT2D eigenvalue weighted by molar-refractivity contribution is -0.132. The number of methoxy groups -OCH3 is 1. The molecule has 1 aromatic heterocycles. The standard InChI is InChI=1S/C24H20N2O4/c1-15-6-8-16(9-7-15)22(27)20-21(19-5-3-4-14-25-19)26(24(29)23(20)28)17-10-12-18(30-2)13-11-17/h3-14,21,27H,1-2H3/t21-/m1/s1. The van der Waals surface area contributed by atoms with E-state index in [1.807, 2.05) is 19.1 Å². The van der Waals surface area contributed by atoms with Crippen LogP contribution in [0.4, 0.5) is 5.69 Å². The first-order valence-corrected chi connectivity index (χ1v) is 9.44. The highest BCUT2D eigenvalue weighted by molar-refractivity contribution is 6.51. The molecule has 2 aromatic carbocycles. The van der Waals surface area contributed by atoms with Gasteiger partial charge in [0.25, 0.3) is 11.7 Å². The molecule has 1 amide bonds. The van der Waals surface area contributed by atoms with E-state index < -0.39 is 17.7 Å². The lowest BCUT2D eigenvalue weighted by atomic mass is 9.97. The van der Waals surface area contributed by atoms with Crippen LogP contribution in [0.25, 0.3) is 5.76 Å². The Bertz CT molecular complexity index is 1120. The summed E-state index contributed by atoms with van der Waals surface area (Å²) >= 11 is 0. The van der Waals surface area contributed by atoms with E-state index in [1.165, 1.54) is 4.90 Å². The number of aromatic nitrogens is 1. The predicted molar refractivity (Wildman–Crippen MR) is 113 cm³/mol. The van der Waals surface area contributed by atoms with Crippen molar-refractivity contribution in [2.24, 2.45) is 0 Å². The molecular formula is C24H20N2O4. The SMILES string of the molecule is COc1ccc(N2C(=O)C(=O)C(=C(O)c3ccc(C)cc3)[C@H]2c2ccccn2)cc1. The Hall–Kier alpha value is -3.93. The number of rotatable bonds is 4. The fourth-order valence-corrected chi connectivity index (χ4v) is 3.53. The first-order valence-electron chi connectivity index (χ1n) is 9.44. The van der Waals surface area contributed by atoms with Gasteiger partial charge in [0.1, 0.15) is 17.6 Å². The van der Waals surface area contributed by atoms with E-state index >= 15 is 0 Å². The Morgan fingerprint density at radius 3 is 2.30 bits per heavy atom. The van der Waals surface area contributed by atoms with Crippen LogP contribution < -0.4 is 9.64 Å². The number of hydrogen-bond donors (Lipinski definition) is 1. The highest BCUT2D eigenvalue weighted by Crippen LogP contribution is 2.41. The van der Waals surface area contributed by atoms with Crippen LogP contribution in [0.15, 0.2) is 78.5 Å². The first-order chi connectivity index (χ1) is 14.5. The lowest BCUT2D eigenvalue weighted by Crippen LogP contribution is -2.29. The number of ether oxygens (including phenoxy) is 1. The van der Waals surface area contributed by atoms with Crippen molar-refractivity contribution in [3.8, 4) is 5.75 Å². The van der Waals surface area contributed by atoms with Crippen LogP contribution in [0.1, 0.15) is 22.9 Å². The fraction of sp³-hybridized carbons (Fsp3) is 0.125. The topological polar surface area (TPSA) is 79.7 Å². The zero-order valence-electron chi connectivity index (χ0n) is 16.6. The molecule has 6 heteroatoms. The van der Waals surface area contributed by atoms with E-state index in [2.05, 4.69) is 4.98 Å². The van der Waals surface area contributed by atoms with Gasteiger partial charge in [-0.25, -0.2) is 0 Å². The maximum atomic E-state index is 13.0. The Morgan fingerprint density at radius 1 is 1.00 bits per heavy atom. The maximum absolute atomic E-state index is 13.0. The largest absolute Gasteiger partial charge is 0.507 e. The zero-order chi connectivity index (χ0) is 21.3. The Morgan fingerprint density at radius 2 is 1.70 bits per heavy atom. The second-order valence-corrected chi connectivity index (χ2v) is 6.99. The average Bonchev–Trinajstić information content (AvgIpc) is 3.05. The van der Waals surface area contributed by atoms with Gasteiger partial charge in [0.15, 0.2) is 0 Å². The van der Waals surface area contributed by atoms with E-state index in [0.29, 0.717) is 22.7 Å². The summed E-state index contributed by atoms with van der Waals surface area (Å²) in [4.78, 5) is 31.8. The number of carbonyl (C=O) groups excluding carboxylic acids is 2. The summed E-state index contributed by atoms with van der Waals surface area (Å²) in [5, 5.41) is 11.0. The smallest absolute Gasteiger partial charge is 0.300 e. The number of amides is 1. The highest BCUT2D eigenvalue weighted by atomic mass is 16.5. The summed E-state index contributed by atoms with van der Waals surface area (Å²) in [5.74, 6) is -1.06. The number of aliphatic hydroxyl groups is 1. The summed E-state index contributed by atoms with van der Waals surface area (Å²) in [6.45, 7) is 1.93. The number of aliphatic hydroxyl groups excluding tert-OH is 1. The third-order valence-electron chi connectivity index (χ3n) is 5.09. The zero-order valence-corrected chi connectivity index (χ0v) is 16.6. The molecule has 1 N–H and O–H groups in total. The van der Waals surface area contributed by atoms with Crippen LogP contribution in [0.5, 0.6) is 5.75 Å². The fourth-order valence-electron chi connectivity index (χ4n) is 3.53. The molecule has 1 fully saturated rings. The number of ketones is 1. The van der Waals surface area contributed by atoms with Crippen LogP contribution in [-0.2, 0) is 9.59 Å². The predicted octanol–water partition coefficient (Wildman–Crippen LogP) is 4.02. The van der Waals surface area contributed by atoms with Gasteiger partial charge in [-0.1, -0.05) is 35.9 Å². The molecule has 0 radical (unpaired) electrons. The number of hydrogen-bond acceptors (Lipinski definition) is 5. The van der Waals surface area contributed by atoms with Crippen LogP contribution in [0.2, 0.25) is 0 Å². The van der Waals surface area contributed by atoms with E-state index in [1.54, 1.807) is 67.9 Å². The summed E-state index contributed by atoms with van der Waals surface area (Å²) in [5.41, 5.74) is 2.50. The van der Waals surface area contributed by atoms with Crippen molar-refractivity contribution in [1.82, 2.24) is 4.98 Å². The molecular weight excluding hydrogens is 380 g/mol. The Labute approximate surface area is 174 Å².